The third kappa shape index (κ3) is 3.92. The molecule has 3 heteroatoms. The van der Waals surface area contributed by atoms with E-state index in [4.69, 9.17) is 4.42 Å². The Kier molecular flexibility index (Phi) is 6.22. The van der Waals surface area contributed by atoms with Gasteiger partial charge in [-0.15, -0.1) is 0 Å². The first-order valence-corrected chi connectivity index (χ1v) is 11.3. The summed E-state index contributed by atoms with van der Waals surface area (Å²) in [7, 11) is 0. The molecule has 1 aromatic carbocycles. The lowest BCUT2D eigenvalue weighted by Crippen LogP contribution is -2.45. The Bertz CT molecular complexity index is 719. The zero-order chi connectivity index (χ0) is 19.4. The predicted molar refractivity (Wildman–Crippen MR) is 116 cm³/mol. The molecule has 2 aromatic rings. The zero-order valence-corrected chi connectivity index (χ0v) is 17.6. The van der Waals surface area contributed by atoms with E-state index in [0.717, 1.165) is 31.9 Å². The molecule has 1 atom stereocenters. The van der Waals surface area contributed by atoms with Gasteiger partial charge in [-0.2, -0.15) is 0 Å². The van der Waals surface area contributed by atoms with Gasteiger partial charge in [0.25, 0.3) is 0 Å². The lowest BCUT2D eigenvalue weighted by atomic mass is 9.65. The molecule has 1 aliphatic heterocycles. The molecule has 2 aliphatic rings. The Hall–Kier alpha value is -1.58. The highest BCUT2D eigenvalue weighted by Gasteiger charge is 2.35. The fourth-order valence-electron chi connectivity index (χ4n) is 5.55. The fourth-order valence-corrected chi connectivity index (χ4v) is 5.55. The number of hydrogen-bond acceptors (Lipinski definition) is 3. The van der Waals surface area contributed by atoms with Crippen molar-refractivity contribution in [1.82, 2.24) is 10.2 Å². The summed E-state index contributed by atoms with van der Waals surface area (Å²) in [6, 6.07) is 13.6. The minimum atomic E-state index is 0.234. The molecule has 152 valence electrons. The van der Waals surface area contributed by atoms with Crippen LogP contribution in [0.15, 0.2) is 47.1 Å². The van der Waals surface area contributed by atoms with Gasteiger partial charge in [-0.3, -0.25) is 4.90 Å². The molecule has 2 heterocycles. The summed E-state index contributed by atoms with van der Waals surface area (Å²) in [6.07, 6.45) is 9.87. The Morgan fingerprint density at radius 1 is 1.04 bits per heavy atom. The van der Waals surface area contributed by atoms with Crippen LogP contribution in [0.5, 0.6) is 0 Å². The van der Waals surface area contributed by atoms with Crippen molar-refractivity contribution in [2.75, 3.05) is 26.2 Å². The summed E-state index contributed by atoms with van der Waals surface area (Å²) in [5.41, 5.74) is 3.61. The Morgan fingerprint density at radius 3 is 2.39 bits per heavy atom. The summed E-state index contributed by atoms with van der Waals surface area (Å²) >= 11 is 0. The number of hydrogen-bond donors (Lipinski definition) is 1. The molecule has 1 saturated heterocycles. The lowest BCUT2D eigenvalue weighted by Gasteiger charge is -2.41. The van der Waals surface area contributed by atoms with E-state index in [1.54, 1.807) is 5.56 Å². The maximum Gasteiger partial charge on any atom is 0.125 e. The molecule has 0 bridgehead atoms. The van der Waals surface area contributed by atoms with E-state index in [9.17, 15) is 0 Å². The molecule has 1 saturated carbocycles. The Morgan fingerprint density at radius 2 is 1.75 bits per heavy atom. The first-order chi connectivity index (χ1) is 13.8. The monoisotopic (exact) mass is 380 g/mol. The number of nitrogens with one attached hydrogen (secondary N) is 1. The largest absolute Gasteiger partial charge is 0.467 e. The van der Waals surface area contributed by atoms with Crippen molar-refractivity contribution in [3.63, 3.8) is 0 Å². The summed E-state index contributed by atoms with van der Waals surface area (Å²) in [5, 5.41) is 3.49. The molecule has 1 N–H and O–H groups in total. The van der Waals surface area contributed by atoms with Gasteiger partial charge < -0.3 is 9.73 Å². The second kappa shape index (κ2) is 8.84. The zero-order valence-electron chi connectivity index (χ0n) is 17.6. The minimum absolute atomic E-state index is 0.234. The van der Waals surface area contributed by atoms with Crippen LogP contribution in [0.3, 0.4) is 0 Å². The van der Waals surface area contributed by atoms with Crippen molar-refractivity contribution >= 4 is 0 Å². The Labute approximate surface area is 170 Å². The number of furan rings is 1. The third-order valence-corrected chi connectivity index (χ3v) is 7.61. The van der Waals surface area contributed by atoms with Gasteiger partial charge in [0.2, 0.25) is 0 Å². The maximum absolute atomic E-state index is 5.95. The quantitative estimate of drug-likeness (QED) is 0.693. The molecule has 4 rings (SSSR count). The lowest BCUT2D eigenvalue weighted by molar-refractivity contribution is 0.156. The highest BCUT2D eigenvalue weighted by atomic mass is 16.3. The van der Waals surface area contributed by atoms with E-state index < -0.39 is 0 Å². The normalized spacial score (nSPS) is 22.2. The average Bonchev–Trinajstić information content (AvgIpc) is 3.30. The minimum Gasteiger partial charge on any atom is -0.467 e. The number of rotatable bonds is 6. The summed E-state index contributed by atoms with van der Waals surface area (Å²) < 4.78 is 5.95. The summed E-state index contributed by atoms with van der Waals surface area (Å²) in [5.74, 6) is 1.77. The van der Waals surface area contributed by atoms with Gasteiger partial charge >= 0.3 is 0 Å². The molecule has 28 heavy (non-hydrogen) atoms. The van der Waals surface area contributed by atoms with E-state index in [-0.39, 0.29) is 6.04 Å². The molecule has 3 nitrogen and oxygen atoms in total. The first kappa shape index (κ1) is 19.7. The fraction of sp³-hybridized carbons (Fsp3) is 0.600. The van der Waals surface area contributed by atoms with E-state index >= 15 is 0 Å². The van der Waals surface area contributed by atoms with Crippen molar-refractivity contribution in [2.24, 2.45) is 5.41 Å². The molecule has 1 aromatic heterocycles. The van der Waals surface area contributed by atoms with Crippen LogP contribution in [0.4, 0.5) is 0 Å². The van der Waals surface area contributed by atoms with Crippen molar-refractivity contribution in [2.45, 2.75) is 64.3 Å². The molecule has 0 radical (unpaired) electrons. The van der Waals surface area contributed by atoms with Gasteiger partial charge in [-0.25, -0.2) is 0 Å². The highest BCUT2D eigenvalue weighted by Crippen LogP contribution is 2.48. The van der Waals surface area contributed by atoms with Gasteiger partial charge in [0.15, 0.2) is 0 Å². The van der Waals surface area contributed by atoms with E-state index in [0.29, 0.717) is 11.3 Å². The highest BCUT2D eigenvalue weighted by molar-refractivity contribution is 5.37. The Balaban J connectivity index is 1.64. The van der Waals surface area contributed by atoms with E-state index in [1.165, 1.54) is 44.1 Å². The van der Waals surface area contributed by atoms with Crippen molar-refractivity contribution in [3.8, 4) is 0 Å². The van der Waals surface area contributed by atoms with E-state index in [2.05, 4.69) is 54.4 Å². The smallest absolute Gasteiger partial charge is 0.125 e. The molecule has 1 unspecified atom stereocenters. The van der Waals surface area contributed by atoms with Crippen molar-refractivity contribution in [1.29, 1.82) is 0 Å². The number of nitrogens with zero attached hydrogens (tertiary/aromatic N) is 1. The molecule has 0 amide bonds. The first-order valence-electron chi connectivity index (χ1n) is 11.3. The van der Waals surface area contributed by atoms with Crippen LogP contribution in [0.1, 0.15) is 81.2 Å². The van der Waals surface area contributed by atoms with Crippen LogP contribution < -0.4 is 5.32 Å². The van der Waals surface area contributed by atoms with E-state index in [1.807, 2.05) is 12.3 Å². The van der Waals surface area contributed by atoms with Crippen LogP contribution in [-0.2, 0) is 0 Å². The van der Waals surface area contributed by atoms with Gasteiger partial charge in [0.05, 0.1) is 12.3 Å². The molecule has 2 fully saturated rings. The average molecular weight is 381 g/mol. The van der Waals surface area contributed by atoms with Crippen LogP contribution in [0.2, 0.25) is 0 Å². The van der Waals surface area contributed by atoms with Gasteiger partial charge in [-0.05, 0) is 60.3 Å². The summed E-state index contributed by atoms with van der Waals surface area (Å²) in [4.78, 5) is 2.60. The van der Waals surface area contributed by atoms with Crippen molar-refractivity contribution in [3.05, 3.63) is 59.5 Å². The van der Waals surface area contributed by atoms with Crippen LogP contribution in [0.25, 0.3) is 0 Å². The molecule has 1 aliphatic carbocycles. The third-order valence-electron chi connectivity index (χ3n) is 7.61. The molecule has 0 spiro atoms. The van der Waals surface area contributed by atoms with Gasteiger partial charge in [0, 0.05) is 26.2 Å². The topological polar surface area (TPSA) is 28.4 Å². The predicted octanol–water partition coefficient (Wildman–Crippen LogP) is 5.74. The summed E-state index contributed by atoms with van der Waals surface area (Å²) in [6.45, 7) is 9.01. The van der Waals surface area contributed by atoms with Crippen LogP contribution in [0, 0.1) is 5.41 Å². The van der Waals surface area contributed by atoms with Gasteiger partial charge in [0.1, 0.15) is 5.76 Å². The molecular formula is C25H36N2O. The number of benzene rings is 1. The van der Waals surface area contributed by atoms with Crippen LogP contribution in [-0.4, -0.2) is 31.1 Å². The second-order valence-corrected chi connectivity index (χ2v) is 8.81. The maximum atomic E-state index is 5.95. The van der Waals surface area contributed by atoms with Gasteiger partial charge in [-0.1, -0.05) is 51.0 Å². The van der Waals surface area contributed by atoms with Crippen molar-refractivity contribution < 1.29 is 4.42 Å². The standard InChI is InChI=1S/C25H36N2O/c1-3-25(4-2)13-11-20(12-14-25)21-8-5-6-9-22(21)24(23-10-7-19-28-23)27-17-15-26-16-18-27/h5-10,19-20,24,26H,3-4,11-18H2,1-2H3. The SMILES string of the molecule is CCC1(CC)CCC(c2ccccc2C(c2ccco2)N2CCNCC2)CC1. The van der Waals surface area contributed by atoms with Crippen LogP contribution >= 0.6 is 0 Å². The number of piperazine rings is 1. The molecular weight excluding hydrogens is 344 g/mol. The second-order valence-electron chi connectivity index (χ2n) is 8.81.